The molecule has 2 N–H and O–H groups in total. The van der Waals surface area contributed by atoms with Crippen LogP contribution in [0.2, 0.25) is 0 Å². The molecule has 3 aromatic rings. The maximum Gasteiger partial charge on any atom is 0.151 e. The first kappa shape index (κ1) is 18.2. The maximum atomic E-state index is 15.0. The van der Waals surface area contributed by atoms with E-state index in [-0.39, 0.29) is 17.8 Å². The molecular weight excluding hydrogens is 369 g/mol. The summed E-state index contributed by atoms with van der Waals surface area (Å²) in [5.41, 5.74) is 1.92. The number of pyridine rings is 1. The van der Waals surface area contributed by atoms with E-state index in [9.17, 15) is 5.11 Å². The second-order valence-electron chi connectivity index (χ2n) is 8.10. The molecule has 4 atom stereocenters. The summed E-state index contributed by atoms with van der Waals surface area (Å²) in [7, 11) is 1.89. The Morgan fingerprint density at radius 1 is 1.17 bits per heavy atom. The van der Waals surface area contributed by atoms with Crippen LogP contribution in [0.15, 0.2) is 42.6 Å². The van der Waals surface area contributed by atoms with Crippen molar-refractivity contribution in [3.63, 3.8) is 0 Å². The summed E-state index contributed by atoms with van der Waals surface area (Å²) >= 11 is 0. The van der Waals surface area contributed by atoms with Gasteiger partial charge in [0, 0.05) is 36.3 Å². The zero-order valence-corrected chi connectivity index (χ0v) is 16.3. The lowest BCUT2D eigenvalue weighted by molar-refractivity contribution is 0.107. The molecule has 4 heterocycles. The first-order valence-corrected chi connectivity index (χ1v) is 10.1. The zero-order chi connectivity index (χ0) is 20.0. The summed E-state index contributed by atoms with van der Waals surface area (Å²) in [6.07, 6.45) is 4.66. The molecule has 2 aliphatic heterocycles. The van der Waals surface area contributed by atoms with Crippen LogP contribution < -0.4 is 10.2 Å². The Kier molecular flexibility index (Phi) is 4.54. The van der Waals surface area contributed by atoms with E-state index in [4.69, 9.17) is 0 Å². The van der Waals surface area contributed by atoms with Crippen LogP contribution in [-0.4, -0.2) is 51.6 Å². The minimum atomic E-state index is -0.923. The summed E-state index contributed by atoms with van der Waals surface area (Å²) < 4.78 is 15.0. The largest absolute Gasteiger partial charge is 0.507 e. The summed E-state index contributed by atoms with van der Waals surface area (Å²) in [5, 5.41) is 23.3. The van der Waals surface area contributed by atoms with Crippen LogP contribution in [0.1, 0.15) is 25.7 Å². The monoisotopic (exact) mass is 393 g/mol. The van der Waals surface area contributed by atoms with Crippen LogP contribution in [0.3, 0.4) is 0 Å². The highest BCUT2D eigenvalue weighted by Crippen LogP contribution is 2.34. The number of benzene rings is 1. The Morgan fingerprint density at radius 2 is 2.07 bits per heavy atom. The average Bonchev–Trinajstić information content (AvgIpc) is 2.76. The standard InChI is InChI=1S/C22H24FN5O/c1-28(19-11-14-5-2-6-17(25-14)22(19)23)21-8-7-16(26-27-21)15-12-18-13(10-20(15)29)4-3-9-24-18/h3-4,7-10,12,14,17,19,22,25,29H,2,5-6,11H2,1H3/t14?,17?,19-,22+/m1/s1. The van der Waals surface area contributed by atoms with Crippen LogP contribution in [0, 0.1) is 0 Å². The predicted octanol–water partition coefficient (Wildman–Crippen LogP) is 3.45. The number of hydrogen-bond donors (Lipinski definition) is 2. The van der Waals surface area contributed by atoms with E-state index in [0.717, 1.165) is 36.6 Å². The SMILES string of the molecule is CN(c1ccc(-c2cc3ncccc3cc2O)nn1)[C@@H]1CC2CCCC(N2)[C@@H]1F. The van der Waals surface area contributed by atoms with Gasteiger partial charge in [-0.3, -0.25) is 4.98 Å². The Labute approximate surface area is 168 Å². The second kappa shape index (κ2) is 7.22. The number of phenolic OH excluding ortho intramolecular Hbond substituents is 1. The van der Waals surface area contributed by atoms with Gasteiger partial charge in [-0.25, -0.2) is 4.39 Å². The molecule has 7 heteroatoms. The highest BCUT2D eigenvalue weighted by molar-refractivity contribution is 5.87. The van der Waals surface area contributed by atoms with Crippen molar-refractivity contribution < 1.29 is 9.50 Å². The molecule has 0 radical (unpaired) electrons. The Balaban J connectivity index is 1.41. The van der Waals surface area contributed by atoms with Gasteiger partial charge in [-0.2, -0.15) is 0 Å². The molecule has 29 heavy (non-hydrogen) atoms. The lowest BCUT2D eigenvalue weighted by Crippen LogP contribution is -2.61. The molecule has 0 spiro atoms. The number of hydrogen-bond acceptors (Lipinski definition) is 6. The van der Waals surface area contributed by atoms with Crippen LogP contribution in [0.4, 0.5) is 10.2 Å². The number of halogens is 1. The van der Waals surface area contributed by atoms with E-state index in [1.165, 1.54) is 0 Å². The number of rotatable bonds is 3. The number of anilines is 1. The van der Waals surface area contributed by atoms with E-state index >= 15 is 4.39 Å². The van der Waals surface area contributed by atoms with Crippen molar-refractivity contribution in [2.24, 2.45) is 0 Å². The van der Waals surface area contributed by atoms with Gasteiger partial charge in [0.2, 0.25) is 0 Å². The number of nitrogens with zero attached hydrogens (tertiary/aromatic N) is 4. The summed E-state index contributed by atoms with van der Waals surface area (Å²) in [6, 6.07) is 11.0. The van der Waals surface area contributed by atoms with Crippen molar-refractivity contribution in [2.75, 3.05) is 11.9 Å². The number of aromatic hydroxyl groups is 1. The zero-order valence-electron chi connectivity index (χ0n) is 16.3. The van der Waals surface area contributed by atoms with Gasteiger partial charge in [0.25, 0.3) is 0 Å². The minimum Gasteiger partial charge on any atom is -0.507 e. The Hall–Kier alpha value is -2.80. The molecule has 2 saturated heterocycles. The van der Waals surface area contributed by atoms with Gasteiger partial charge in [0.1, 0.15) is 11.9 Å². The van der Waals surface area contributed by atoms with Crippen molar-refractivity contribution in [3.05, 3.63) is 42.6 Å². The number of alkyl halides is 1. The van der Waals surface area contributed by atoms with Crippen molar-refractivity contribution >= 4 is 16.7 Å². The third-order valence-corrected chi connectivity index (χ3v) is 6.30. The third kappa shape index (κ3) is 3.29. The smallest absolute Gasteiger partial charge is 0.151 e. The van der Waals surface area contributed by atoms with Crippen molar-refractivity contribution in [2.45, 2.75) is 50.0 Å². The van der Waals surface area contributed by atoms with Gasteiger partial charge < -0.3 is 15.3 Å². The first-order chi connectivity index (χ1) is 14.1. The molecule has 2 fully saturated rings. The molecule has 1 aromatic carbocycles. The second-order valence-corrected chi connectivity index (χ2v) is 8.10. The highest BCUT2D eigenvalue weighted by Gasteiger charge is 2.41. The minimum absolute atomic E-state index is 0.0655. The number of phenols is 1. The summed E-state index contributed by atoms with van der Waals surface area (Å²) in [5.74, 6) is 0.774. The normalized spacial score (nSPS) is 26.4. The molecule has 6 nitrogen and oxygen atoms in total. The topological polar surface area (TPSA) is 74.2 Å². The molecule has 2 aromatic heterocycles. The molecule has 5 rings (SSSR count). The maximum absolute atomic E-state index is 15.0. The van der Waals surface area contributed by atoms with Crippen LogP contribution in [0.5, 0.6) is 5.75 Å². The van der Waals surface area contributed by atoms with Crippen molar-refractivity contribution in [1.82, 2.24) is 20.5 Å². The van der Waals surface area contributed by atoms with Crippen LogP contribution in [0.25, 0.3) is 22.2 Å². The molecule has 2 unspecified atom stereocenters. The number of aromatic nitrogens is 3. The number of fused-ring (bicyclic) bond motifs is 3. The van der Waals surface area contributed by atoms with Crippen LogP contribution in [-0.2, 0) is 0 Å². The Bertz CT molecular complexity index is 1030. The fraction of sp³-hybridized carbons (Fsp3) is 0.409. The van der Waals surface area contributed by atoms with E-state index in [2.05, 4.69) is 20.5 Å². The molecule has 0 aliphatic carbocycles. The van der Waals surface area contributed by atoms with Gasteiger partial charge in [-0.05, 0) is 49.6 Å². The van der Waals surface area contributed by atoms with E-state index < -0.39 is 6.17 Å². The van der Waals surface area contributed by atoms with Gasteiger partial charge in [0.05, 0.1) is 17.3 Å². The fourth-order valence-electron chi connectivity index (χ4n) is 4.69. The van der Waals surface area contributed by atoms with Gasteiger partial charge in [-0.1, -0.05) is 12.5 Å². The third-order valence-electron chi connectivity index (χ3n) is 6.30. The lowest BCUT2D eigenvalue weighted by Gasteiger charge is -2.46. The van der Waals surface area contributed by atoms with Gasteiger partial charge in [-0.15, -0.1) is 10.2 Å². The fourth-order valence-corrected chi connectivity index (χ4v) is 4.69. The number of piperidine rings is 2. The Morgan fingerprint density at radius 3 is 2.90 bits per heavy atom. The molecule has 0 amide bonds. The quantitative estimate of drug-likeness (QED) is 0.710. The predicted molar refractivity (Wildman–Crippen MR) is 111 cm³/mol. The van der Waals surface area contributed by atoms with E-state index in [0.29, 0.717) is 23.1 Å². The molecule has 0 saturated carbocycles. The summed E-state index contributed by atoms with van der Waals surface area (Å²) in [6.45, 7) is 0. The highest BCUT2D eigenvalue weighted by atomic mass is 19.1. The van der Waals surface area contributed by atoms with E-state index in [1.807, 2.05) is 42.3 Å². The molecule has 2 aliphatic rings. The van der Waals surface area contributed by atoms with Gasteiger partial charge in [0.15, 0.2) is 5.82 Å². The molecule has 2 bridgehead atoms. The average molecular weight is 393 g/mol. The van der Waals surface area contributed by atoms with Crippen LogP contribution >= 0.6 is 0 Å². The van der Waals surface area contributed by atoms with Gasteiger partial charge >= 0.3 is 0 Å². The lowest BCUT2D eigenvalue weighted by atomic mass is 9.82. The molecule has 150 valence electrons. The first-order valence-electron chi connectivity index (χ1n) is 10.1. The van der Waals surface area contributed by atoms with Crippen molar-refractivity contribution in [1.29, 1.82) is 0 Å². The van der Waals surface area contributed by atoms with E-state index in [1.54, 1.807) is 12.3 Å². The summed E-state index contributed by atoms with van der Waals surface area (Å²) in [4.78, 5) is 6.25. The molecular formula is C22H24FN5O. The van der Waals surface area contributed by atoms with Crippen molar-refractivity contribution in [3.8, 4) is 17.0 Å². The number of nitrogens with one attached hydrogen (secondary N) is 1.